The average Bonchev–Trinajstić information content (AvgIpc) is 3.48. The van der Waals surface area contributed by atoms with Crippen molar-refractivity contribution >= 4 is 11.0 Å². The first-order valence-corrected chi connectivity index (χ1v) is 12.2. The minimum Gasteiger partial charge on any atom is -0.373 e. The van der Waals surface area contributed by atoms with Crippen molar-refractivity contribution in [3.63, 3.8) is 0 Å². The largest absolute Gasteiger partial charge is 0.394 e. The second-order valence-corrected chi connectivity index (χ2v) is 11.0. The summed E-state index contributed by atoms with van der Waals surface area (Å²) in [6.45, 7) is 2.09. The minimum absolute atomic E-state index is 0.00129. The molecule has 1 saturated heterocycles. The van der Waals surface area contributed by atoms with Crippen LogP contribution >= 0.6 is 0 Å². The van der Waals surface area contributed by atoms with Gasteiger partial charge in [0.15, 0.2) is 5.65 Å². The highest BCUT2D eigenvalue weighted by Gasteiger charge is 2.79. The Balaban J connectivity index is 1.24. The van der Waals surface area contributed by atoms with Crippen LogP contribution < -0.4 is 0 Å². The number of aromatic nitrogens is 5. The Morgan fingerprint density at radius 1 is 1.09 bits per heavy atom. The Morgan fingerprint density at radius 3 is 2.57 bits per heavy atom. The lowest BCUT2D eigenvalue weighted by atomic mass is 9.33. The molecule has 35 heavy (non-hydrogen) atoms. The minimum atomic E-state index is -4.22. The summed E-state index contributed by atoms with van der Waals surface area (Å²) in [5.41, 5.74) is -0.170. The molecule has 0 N–H and O–H groups in total. The first-order valence-electron chi connectivity index (χ1n) is 12.2. The Kier molecular flexibility index (Phi) is 4.32. The molecule has 0 amide bonds. The molecule has 4 saturated carbocycles. The molecular weight excluding hydrogens is 462 g/mol. The molecule has 4 aliphatic carbocycles. The monoisotopic (exact) mass is 487 g/mol. The maximum atomic E-state index is 14.5. The predicted molar refractivity (Wildman–Crippen MR) is 117 cm³/mol. The summed E-state index contributed by atoms with van der Waals surface area (Å²) in [6, 6.07) is 1.83. The molecule has 8 rings (SSSR count). The number of alkyl halides is 3. The number of hydrogen-bond donors (Lipinski definition) is 0. The van der Waals surface area contributed by atoms with Crippen molar-refractivity contribution in [2.75, 3.05) is 6.61 Å². The number of fused-ring (bicyclic) bond motifs is 1. The van der Waals surface area contributed by atoms with E-state index in [0.29, 0.717) is 48.0 Å². The van der Waals surface area contributed by atoms with Crippen LogP contribution in [0.3, 0.4) is 0 Å². The van der Waals surface area contributed by atoms with Gasteiger partial charge in [0.05, 0.1) is 35.1 Å². The first kappa shape index (κ1) is 21.6. The van der Waals surface area contributed by atoms with Crippen molar-refractivity contribution in [1.29, 1.82) is 0 Å². The molecule has 0 unspecified atom stereocenters. The number of pyridine rings is 1. The predicted octanol–water partition coefficient (Wildman–Crippen LogP) is 5.62. The van der Waals surface area contributed by atoms with Crippen molar-refractivity contribution in [1.82, 2.24) is 24.7 Å². The number of rotatable bonds is 4. The van der Waals surface area contributed by atoms with Crippen LogP contribution in [-0.2, 0) is 10.2 Å². The van der Waals surface area contributed by atoms with Crippen molar-refractivity contribution in [2.24, 2.45) is 5.41 Å². The van der Waals surface area contributed by atoms with E-state index in [1.165, 1.54) is 6.07 Å². The number of halogens is 4. The maximum Gasteiger partial charge on any atom is 0.394 e. The van der Waals surface area contributed by atoms with Crippen LogP contribution in [0.15, 0.2) is 18.5 Å². The zero-order chi connectivity index (χ0) is 24.2. The molecule has 2 atom stereocenters. The molecule has 5 fully saturated rings. The van der Waals surface area contributed by atoms with Gasteiger partial charge < -0.3 is 4.74 Å². The second kappa shape index (κ2) is 6.99. The molecule has 1 aliphatic heterocycles. The molecule has 5 aliphatic rings. The fourth-order valence-electron chi connectivity index (χ4n) is 6.38. The van der Waals surface area contributed by atoms with Crippen LogP contribution in [0.1, 0.15) is 85.8 Å². The molecule has 6 nitrogen and oxygen atoms in total. The van der Waals surface area contributed by atoms with E-state index in [1.54, 1.807) is 6.92 Å². The summed E-state index contributed by atoms with van der Waals surface area (Å²) in [6.07, 6.45) is 3.19. The molecule has 0 radical (unpaired) electrons. The normalized spacial score (nSPS) is 32.4. The molecule has 0 aromatic carbocycles. The van der Waals surface area contributed by atoms with E-state index in [0.717, 1.165) is 18.4 Å². The number of ether oxygens (including phenoxy) is 1. The molecular formula is C25H25F4N5O. The number of hydrogen-bond acceptors (Lipinski definition) is 5. The van der Waals surface area contributed by atoms with Gasteiger partial charge in [-0.05, 0) is 57.9 Å². The Bertz CT molecular complexity index is 1330. The highest BCUT2D eigenvalue weighted by molar-refractivity contribution is 5.80. The molecule has 2 bridgehead atoms. The summed E-state index contributed by atoms with van der Waals surface area (Å²) in [5.74, 6) is 0.0444. The van der Waals surface area contributed by atoms with Crippen molar-refractivity contribution in [3.05, 3.63) is 47.1 Å². The first-order chi connectivity index (χ1) is 16.7. The van der Waals surface area contributed by atoms with Crippen LogP contribution in [0.4, 0.5) is 17.6 Å². The van der Waals surface area contributed by atoms with E-state index in [4.69, 9.17) is 14.7 Å². The quantitative estimate of drug-likeness (QED) is 0.447. The standard InChI is InChI=1S/C25H25F4N5O/c1-13-18(26)7-17-20(23-10-24(11-23,12-23)25(27,28)29)32-21(33-22(17)31-13)14-4-5-35-19(6-14)15-8-30-34(9-15)16-2-3-16/h7-9,14,16,19H,2-6,10-12H2,1H3/t14-,19+,23?,24?/m0/s1. The van der Waals surface area contributed by atoms with Crippen LogP contribution in [0.25, 0.3) is 11.0 Å². The van der Waals surface area contributed by atoms with Crippen molar-refractivity contribution in [2.45, 2.75) is 81.5 Å². The van der Waals surface area contributed by atoms with Crippen LogP contribution in [0, 0.1) is 18.2 Å². The fourth-order valence-corrected chi connectivity index (χ4v) is 6.38. The Labute approximate surface area is 199 Å². The number of aryl methyl sites for hydroxylation is 1. The van der Waals surface area contributed by atoms with Crippen LogP contribution in [0.2, 0.25) is 0 Å². The molecule has 184 valence electrons. The lowest BCUT2D eigenvalue weighted by molar-refractivity contribution is -0.337. The van der Waals surface area contributed by atoms with Crippen molar-refractivity contribution < 1.29 is 22.3 Å². The third-order valence-corrected chi connectivity index (χ3v) is 8.53. The lowest BCUT2D eigenvalue weighted by Crippen LogP contribution is -2.70. The van der Waals surface area contributed by atoms with Gasteiger partial charge in [-0.2, -0.15) is 18.3 Å². The topological polar surface area (TPSA) is 65.7 Å². The summed E-state index contributed by atoms with van der Waals surface area (Å²) in [4.78, 5) is 13.9. The molecule has 10 heteroatoms. The van der Waals surface area contributed by atoms with Gasteiger partial charge in [-0.1, -0.05) is 0 Å². The molecule has 3 aromatic heterocycles. The van der Waals surface area contributed by atoms with Gasteiger partial charge in [0.1, 0.15) is 11.6 Å². The SMILES string of the molecule is Cc1nc2nc([C@H]3CCO[C@@H](c4cnn(C5CC5)c4)C3)nc(C34CC(C(F)(F)F)(C3)C4)c2cc1F. The third-order valence-electron chi connectivity index (χ3n) is 8.53. The van der Waals surface area contributed by atoms with E-state index in [9.17, 15) is 17.6 Å². The summed E-state index contributed by atoms with van der Waals surface area (Å²) >= 11 is 0. The zero-order valence-electron chi connectivity index (χ0n) is 19.3. The summed E-state index contributed by atoms with van der Waals surface area (Å²) in [5, 5.41) is 4.91. The van der Waals surface area contributed by atoms with Crippen LogP contribution in [-0.4, -0.2) is 37.5 Å². The second-order valence-electron chi connectivity index (χ2n) is 11.0. The van der Waals surface area contributed by atoms with E-state index in [1.807, 2.05) is 17.1 Å². The van der Waals surface area contributed by atoms with Crippen molar-refractivity contribution in [3.8, 4) is 0 Å². The van der Waals surface area contributed by atoms with Gasteiger partial charge >= 0.3 is 6.18 Å². The summed E-state index contributed by atoms with van der Waals surface area (Å²) < 4.78 is 63.1. The third kappa shape index (κ3) is 3.17. The smallest absolute Gasteiger partial charge is 0.373 e. The van der Waals surface area contributed by atoms with E-state index in [2.05, 4.69) is 10.1 Å². The van der Waals surface area contributed by atoms with Crippen LogP contribution in [0.5, 0.6) is 0 Å². The zero-order valence-corrected chi connectivity index (χ0v) is 19.3. The average molecular weight is 488 g/mol. The van der Waals surface area contributed by atoms with E-state index >= 15 is 0 Å². The molecule has 3 aromatic rings. The maximum absolute atomic E-state index is 14.5. The molecule has 0 spiro atoms. The van der Waals surface area contributed by atoms with Gasteiger partial charge in [-0.3, -0.25) is 4.68 Å². The van der Waals surface area contributed by atoms with Gasteiger partial charge in [-0.15, -0.1) is 0 Å². The van der Waals surface area contributed by atoms with Gasteiger partial charge in [0.25, 0.3) is 0 Å². The summed E-state index contributed by atoms with van der Waals surface area (Å²) in [7, 11) is 0. The van der Waals surface area contributed by atoms with Gasteiger partial charge in [-0.25, -0.2) is 19.3 Å². The van der Waals surface area contributed by atoms with E-state index < -0.39 is 22.8 Å². The fraction of sp³-hybridized carbons (Fsp3) is 0.600. The Morgan fingerprint density at radius 2 is 1.86 bits per heavy atom. The van der Waals surface area contributed by atoms with E-state index in [-0.39, 0.29) is 37.0 Å². The lowest BCUT2D eigenvalue weighted by Gasteiger charge is -2.70. The highest BCUT2D eigenvalue weighted by atomic mass is 19.4. The highest BCUT2D eigenvalue weighted by Crippen LogP contribution is 2.78. The number of nitrogens with zero attached hydrogens (tertiary/aromatic N) is 5. The Hall–Kier alpha value is -2.62. The van der Waals surface area contributed by atoms with Gasteiger partial charge in [0, 0.05) is 35.1 Å². The van der Waals surface area contributed by atoms with Gasteiger partial charge in [0.2, 0.25) is 0 Å². The molecule has 4 heterocycles.